The third-order valence-electron chi connectivity index (χ3n) is 4.75. The highest BCUT2D eigenvalue weighted by atomic mass is 35.5. The van der Waals surface area contributed by atoms with E-state index in [0.717, 1.165) is 63.1 Å². The molecule has 0 bridgehead atoms. The summed E-state index contributed by atoms with van der Waals surface area (Å²) < 4.78 is 27.8. The van der Waals surface area contributed by atoms with E-state index < -0.39 is 23.1 Å². The molecule has 0 saturated heterocycles. The molecule has 31 heavy (non-hydrogen) atoms. The van der Waals surface area contributed by atoms with Gasteiger partial charge in [0.05, 0.1) is 16.3 Å². The van der Waals surface area contributed by atoms with Crippen molar-refractivity contribution in [1.82, 2.24) is 15.0 Å². The Morgan fingerprint density at radius 1 is 1.03 bits per heavy atom. The lowest BCUT2D eigenvalue weighted by Gasteiger charge is -2.04. The van der Waals surface area contributed by atoms with Gasteiger partial charge in [-0.05, 0) is 43.5 Å². The van der Waals surface area contributed by atoms with Gasteiger partial charge in [0, 0.05) is 22.8 Å². The zero-order valence-corrected chi connectivity index (χ0v) is 18.3. The second kappa shape index (κ2) is 8.78. The lowest BCUT2D eigenvalue weighted by atomic mass is 10.2. The van der Waals surface area contributed by atoms with Crippen LogP contribution in [0.2, 0.25) is 0 Å². The number of benzene rings is 1. The molecule has 10 heteroatoms. The number of nitrogens with one attached hydrogen (secondary N) is 1. The van der Waals surface area contributed by atoms with E-state index in [1.54, 1.807) is 23.7 Å². The van der Waals surface area contributed by atoms with Gasteiger partial charge in [-0.1, -0.05) is 17.4 Å². The number of carbonyl (C=O) groups is 1. The van der Waals surface area contributed by atoms with Gasteiger partial charge in [0.15, 0.2) is 5.13 Å². The molecule has 5 nitrogen and oxygen atoms in total. The molecule has 0 radical (unpaired) electrons. The van der Waals surface area contributed by atoms with E-state index in [9.17, 15) is 13.6 Å². The SMILES string of the molecule is Cl.O=C(Nc1nc2c(s1)-c1nc(-c3cccnc3)sc1CCC2)c1c(F)cccc1F. The maximum absolute atomic E-state index is 13.9. The lowest BCUT2D eigenvalue weighted by Crippen LogP contribution is -2.15. The number of aryl methyl sites for hydroxylation is 2. The Bertz CT molecular complexity index is 1240. The van der Waals surface area contributed by atoms with Crippen molar-refractivity contribution in [3.63, 3.8) is 0 Å². The number of aromatic nitrogens is 3. The number of thiazole rings is 2. The second-order valence-electron chi connectivity index (χ2n) is 6.73. The molecule has 1 amide bonds. The first-order valence-electron chi connectivity index (χ1n) is 9.25. The first-order valence-corrected chi connectivity index (χ1v) is 10.9. The van der Waals surface area contributed by atoms with E-state index in [4.69, 9.17) is 4.98 Å². The average Bonchev–Trinajstić information content (AvgIpc) is 3.29. The fourth-order valence-corrected chi connectivity index (χ4v) is 5.55. The summed E-state index contributed by atoms with van der Waals surface area (Å²) in [5.41, 5.74) is 2.04. The number of hydrogen-bond donors (Lipinski definition) is 1. The third kappa shape index (κ3) is 4.08. The smallest absolute Gasteiger partial charge is 0.263 e. The Kier molecular flexibility index (Phi) is 6.08. The van der Waals surface area contributed by atoms with E-state index in [-0.39, 0.29) is 12.4 Å². The molecule has 1 N–H and O–H groups in total. The highest BCUT2D eigenvalue weighted by Gasteiger charge is 2.25. The quantitative estimate of drug-likeness (QED) is 0.407. The topological polar surface area (TPSA) is 67.8 Å². The van der Waals surface area contributed by atoms with Crippen molar-refractivity contribution in [3.8, 4) is 21.1 Å². The number of amides is 1. The first-order chi connectivity index (χ1) is 14.6. The van der Waals surface area contributed by atoms with Crippen molar-refractivity contribution in [3.05, 3.63) is 70.5 Å². The van der Waals surface area contributed by atoms with Crippen LogP contribution < -0.4 is 5.32 Å². The minimum atomic E-state index is -0.909. The third-order valence-corrected chi connectivity index (χ3v) is 6.93. The van der Waals surface area contributed by atoms with Crippen molar-refractivity contribution in [1.29, 1.82) is 0 Å². The molecule has 158 valence electrons. The molecule has 0 unspecified atom stereocenters. The molecule has 1 aromatic carbocycles. The molecule has 1 aliphatic rings. The fourth-order valence-electron chi connectivity index (χ4n) is 3.36. The van der Waals surface area contributed by atoms with Crippen LogP contribution in [0.15, 0.2) is 42.7 Å². The Balaban J connectivity index is 0.00000231. The van der Waals surface area contributed by atoms with Crippen molar-refractivity contribution in [2.45, 2.75) is 19.3 Å². The molecule has 4 aromatic rings. The zero-order valence-electron chi connectivity index (χ0n) is 15.9. The maximum atomic E-state index is 13.9. The van der Waals surface area contributed by atoms with Crippen LogP contribution in [0.5, 0.6) is 0 Å². The normalized spacial score (nSPS) is 12.3. The number of pyridine rings is 1. The largest absolute Gasteiger partial charge is 0.298 e. The molecule has 5 rings (SSSR count). The zero-order chi connectivity index (χ0) is 20.7. The predicted octanol–water partition coefficient (Wildman–Crippen LogP) is 5.77. The molecule has 3 aromatic heterocycles. The summed E-state index contributed by atoms with van der Waals surface area (Å²) in [6, 6.07) is 7.16. The molecule has 0 spiro atoms. The van der Waals surface area contributed by atoms with Crippen molar-refractivity contribution in [2.75, 3.05) is 5.32 Å². The lowest BCUT2D eigenvalue weighted by molar-refractivity contribution is 0.101. The van der Waals surface area contributed by atoms with E-state index in [2.05, 4.69) is 15.3 Å². The maximum Gasteiger partial charge on any atom is 0.263 e. The number of hydrogen-bond acceptors (Lipinski definition) is 6. The molecular weight excluding hydrogens is 462 g/mol. The summed E-state index contributed by atoms with van der Waals surface area (Å²) >= 11 is 2.91. The summed E-state index contributed by atoms with van der Waals surface area (Å²) in [6.07, 6.45) is 6.06. The Morgan fingerprint density at radius 2 is 1.84 bits per heavy atom. The van der Waals surface area contributed by atoms with E-state index in [1.807, 2.05) is 12.1 Å². The Labute approximate surface area is 190 Å². The summed E-state index contributed by atoms with van der Waals surface area (Å²) in [7, 11) is 0. The number of carbonyl (C=O) groups excluding carboxylic acids is 1. The van der Waals surface area contributed by atoms with E-state index >= 15 is 0 Å². The minimum Gasteiger partial charge on any atom is -0.298 e. The monoisotopic (exact) mass is 476 g/mol. The van der Waals surface area contributed by atoms with Gasteiger partial charge < -0.3 is 0 Å². The Hall–Kier alpha value is -2.75. The Morgan fingerprint density at radius 3 is 2.58 bits per heavy atom. The van der Waals surface area contributed by atoms with Crippen LogP contribution in [0.3, 0.4) is 0 Å². The van der Waals surface area contributed by atoms with Crippen LogP contribution in [-0.2, 0) is 12.8 Å². The van der Waals surface area contributed by atoms with Crippen LogP contribution in [-0.4, -0.2) is 20.9 Å². The van der Waals surface area contributed by atoms with E-state index in [1.165, 1.54) is 17.4 Å². The molecule has 0 aliphatic heterocycles. The molecule has 3 heterocycles. The van der Waals surface area contributed by atoms with E-state index in [0.29, 0.717) is 5.13 Å². The van der Waals surface area contributed by atoms with Crippen LogP contribution in [0, 0.1) is 11.6 Å². The van der Waals surface area contributed by atoms with Crippen molar-refractivity contribution in [2.24, 2.45) is 0 Å². The molecule has 0 saturated carbocycles. The van der Waals surface area contributed by atoms with Crippen molar-refractivity contribution >= 4 is 46.1 Å². The number of halogens is 3. The predicted molar refractivity (Wildman–Crippen MR) is 120 cm³/mol. The van der Waals surface area contributed by atoms with Crippen LogP contribution in [0.1, 0.15) is 27.3 Å². The highest BCUT2D eigenvalue weighted by molar-refractivity contribution is 7.20. The molecule has 0 atom stereocenters. The fraction of sp³-hybridized carbons (Fsp3) is 0.143. The van der Waals surface area contributed by atoms with Crippen LogP contribution in [0.4, 0.5) is 13.9 Å². The van der Waals surface area contributed by atoms with Crippen molar-refractivity contribution < 1.29 is 13.6 Å². The minimum absolute atomic E-state index is 0. The van der Waals surface area contributed by atoms with Gasteiger partial charge >= 0.3 is 0 Å². The van der Waals surface area contributed by atoms with Gasteiger partial charge in [0.25, 0.3) is 5.91 Å². The number of fused-ring (bicyclic) bond motifs is 3. The van der Waals surface area contributed by atoms with Crippen LogP contribution in [0.25, 0.3) is 21.1 Å². The molecule has 1 aliphatic carbocycles. The highest BCUT2D eigenvalue weighted by Crippen LogP contribution is 2.42. The van der Waals surface area contributed by atoms with Gasteiger partial charge in [0.2, 0.25) is 0 Å². The number of rotatable bonds is 3. The number of nitrogens with zero attached hydrogens (tertiary/aromatic N) is 3. The summed E-state index contributed by atoms with van der Waals surface area (Å²) in [5, 5.41) is 3.73. The van der Waals surface area contributed by atoms with Gasteiger partial charge in [-0.15, -0.1) is 23.7 Å². The summed E-state index contributed by atoms with van der Waals surface area (Å²) in [6.45, 7) is 0. The standard InChI is InChI=1S/C21H14F2N4OS2.ClH/c22-12-5-1-6-13(23)16(12)19(28)27-21-25-14-7-2-8-15-17(18(14)30-21)26-20(29-15)11-4-3-9-24-10-11;/h1,3-6,9-10H,2,7-8H2,(H,25,27,28);1H. The second-order valence-corrected chi connectivity index (χ2v) is 8.81. The van der Waals surface area contributed by atoms with Gasteiger partial charge in [-0.25, -0.2) is 18.7 Å². The van der Waals surface area contributed by atoms with Gasteiger partial charge in [0.1, 0.15) is 22.2 Å². The average molecular weight is 477 g/mol. The molecule has 0 fully saturated rings. The van der Waals surface area contributed by atoms with Crippen LogP contribution >= 0.6 is 35.1 Å². The van der Waals surface area contributed by atoms with Gasteiger partial charge in [-0.3, -0.25) is 15.1 Å². The molecular formula is C21H15ClF2N4OS2. The van der Waals surface area contributed by atoms with Gasteiger partial charge in [-0.2, -0.15) is 0 Å². The summed E-state index contributed by atoms with van der Waals surface area (Å²) in [4.78, 5) is 28.0. The summed E-state index contributed by atoms with van der Waals surface area (Å²) in [5.74, 6) is -2.67. The first kappa shape index (κ1) is 21.5. The number of anilines is 1.